The highest BCUT2D eigenvalue weighted by Crippen LogP contribution is 2.14. The maximum Gasteiger partial charge on any atom is 0.242 e. The van der Waals surface area contributed by atoms with Crippen LogP contribution in [0.1, 0.15) is 10.4 Å². The van der Waals surface area contributed by atoms with Gasteiger partial charge in [-0.25, -0.2) is 12.7 Å². The molecule has 0 saturated carbocycles. The monoisotopic (exact) mass is 305 g/mol. The molecule has 0 unspecified atom stereocenters. The van der Waals surface area contributed by atoms with Crippen molar-refractivity contribution >= 4 is 31.7 Å². The molecule has 1 aromatic rings. The summed E-state index contributed by atoms with van der Waals surface area (Å²) in [5.74, 6) is -0.0752. The van der Waals surface area contributed by atoms with E-state index in [9.17, 15) is 13.2 Å². The summed E-state index contributed by atoms with van der Waals surface area (Å²) in [6.45, 7) is 0. The Morgan fingerprint density at radius 3 is 2.12 bits per heavy atom. The zero-order valence-corrected chi connectivity index (χ0v) is 11.4. The number of sulfonamides is 1. The highest BCUT2D eigenvalue weighted by molar-refractivity contribution is 9.09. The average Bonchev–Trinajstić information content (AvgIpc) is 2.28. The number of benzene rings is 1. The Morgan fingerprint density at radius 2 is 1.75 bits per heavy atom. The van der Waals surface area contributed by atoms with Gasteiger partial charge in [0.1, 0.15) is 0 Å². The van der Waals surface area contributed by atoms with Crippen LogP contribution in [0, 0.1) is 0 Å². The van der Waals surface area contributed by atoms with Crippen molar-refractivity contribution in [2.75, 3.05) is 19.4 Å². The van der Waals surface area contributed by atoms with Gasteiger partial charge in [-0.3, -0.25) is 4.79 Å². The first-order valence-corrected chi connectivity index (χ1v) is 7.07. The summed E-state index contributed by atoms with van der Waals surface area (Å²) in [7, 11) is -0.485. The summed E-state index contributed by atoms with van der Waals surface area (Å²) in [6, 6.07) is 5.90. The molecule has 1 aromatic carbocycles. The Bertz CT molecular complexity index is 479. The summed E-state index contributed by atoms with van der Waals surface area (Å²) in [6.07, 6.45) is 0. The van der Waals surface area contributed by atoms with Crippen LogP contribution in [0.4, 0.5) is 0 Å². The number of alkyl halides is 1. The molecule has 16 heavy (non-hydrogen) atoms. The third-order valence-electron chi connectivity index (χ3n) is 2.08. The molecule has 0 heterocycles. The third kappa shape index (κ3) is 2.69. The lowest BCUT2D eigenvalue weighted by molar-refractivity contribution is 0.102. The zero-order valence-electron chi connectivity index (χ0n) is 8.97. The molecule has 0 saturated heterocycles. The molecule has 0 aliphatic carbocycles. The van der Waals surface area contributed by atoms with Crippen molar-refractivity contribution in [2.24, 2.45) is 0 Å². The predicted octanol–water partition coefficient (Wildman–Crippen LogP) is 1.51. The van der Waals surface area contributed by atoms with Gasteiger partial charge in [-0.15, -0.1) is 0 Å². The number of rotatable bonds is 4. The van der Waals surface area contributed by atoms with Crippen LogP contribution in [0.15, 0.2) is 29.2 Å². The van der Waals surface area contributed by atoms with Crippen molar-refractivity contribution in [3.63, 3.8) is 0 Å². The SMILES string of the molecule is CN(C)S(=O)(=O)c1ccc(C(=O)CBr)cc1. The molecule has 0 N–H and O–H groups in total. The summed E-state index contributed by atoms with van der Waals surface area (Å²) < 4.78 is 24.6. The molecule has 0 radical (unpaired) electrons. The molecular formula is C10H12BrNO3S. The number of halogens is 1. The van der Waals surface area contributed by atoms with Crippen LogP contribution in [-0.4, -0.2) is 37.9 Å². The minimum Gasteiger partial charge on any atom is -0.293 e. The molecule has 0 aliphatic heterocycles. The van der Waals surface area contributed by atoms with Crippen molar-refractivity contribution in [2.45, 2.75) is 4.90 Å². The van der Waals surface area contributed by atoms with Crippen molar-refractivity contribution < 1.29 is 13.2 Å². The average molecular weight is 306 g/mol. The summed E-state index contributed by atoms with van der Waals surface area (Å²) in [5, 5.41) is 0.229. The molecule has 4 nitrogen and oxygen atoms in total. The van der Waals surface area contributed by atoms with E-state index < -0.39 is 10.0 Å². The van der Waals surface area contributed by atoms with E-state index in [2.05, 4.69) is 15.9 Å². The van der Waals surface area contributed by atoms with Gasteiger partial charge in [-0.05, 0) is 12.1 Å². The van der Waals surface area contributed by atoms with E-state index in [0.29, 0.717) is 5.56 Å². The lowest BCUT2D eigenvalue weighted by Crippen LogP contribution is -2.22. The maximum absolute atomic E-state index is 11.7. The Hall–Kier alpha value is -0.720. The first-order chi connectivity index (χ1) is 7.39. The van der Waals surface area contributed by atoms with Crippen molar-refractivity contribution in [1.29, 1.82) is 0 Å². The Balaban J connectivity index is 3.10. The normalized spacial score (nSPS) is 11.8. The molecule has 88 valence electrons. The standard InChI is InChI=1S/C10H12BrNO3S/c1-12(2)16(14,15)9-5-3-8(4-6-9)10(13)7-11/h3-6H,7H2,1-2H3. The van der Waals surface area contributed by atoms with Crippen LogP contribution in [-0.2, 0) is 10.0 Å². The number of carbonyl (C=O) groups is 1. The second kappa shape index (κ2) is 5.07. The van der Waals surface area contributed by atoms with Crippen LogP contribution in [0.25, 0.3) is 0 Å². The van der Waals surface area contributed by atoms with E-state index >= 15 is 0 Å². The van der Waals surface area contributed by atoms with Gasteiger partial charge in [-0.1, -0.05) is 28.1 Å². The number of Topliss-reactive ketones (excluding diaryl/α,β-unsaturated/α-hetero) is 1. The van der Waals surface area contributed by atoms with Crippen LogP contribution in [0.5, 0.6) is 0 Å². The van der Waals surface area contributed by atoms with Gasteiger partial charge in [0.15, 0.2) is 5.78 Å². The largest absolute Gasteiger partial charge is 0.293 e. The molecule has 0 aromatic heterocycles. The number of ketones is 1. The molecule has 1 rings (SSSR count). The molecule has 0 bridgehead atoms. The fraction of sp³-hybridized carbons (Fsp3) is 0.300. The molecule has 0 atom stereocenters. The maximum atomic E-state index is 11.7. The number of carbonyl (C=O) groups excluding carboxylic acids is 1. The lowest BCUT2D eigenvalue weighted by Gasteiger charge is -2.11. The molecule has 0 fully saturated rings. The number of nitrogens with zero attached hydrogens (tertiary/aromatic N) is 1. The van der Waals surface area contributed by atoms with Crippen LogP contribution >= 0.6 is 15.9 Å². The van der Waals surface area contributed by atoms with Crippen LogP contribution < -0.4 is 0 Å². The number of hydrogen-bond donors (Lipinski definition) is 0. The van der Waals surface area contributed by atoms with E-state index in [0.717, 1.165) is 4.31 Å². The third-order valence-corrected chi connectivity index (χ3v) is 4.41. The lowest BCUT2D eigenvalue weighted by atomic mass is 10.2. The van der Waals surface area contributed by atoms with Gasteiger partial charge in [0, 0.05) is 19.7 Å². The molecule has 0 amide bonds. The van der Waals surface area contributed by atoms with E-state index in [1.54, 1.807) is 0 Å². The summed E-state index contributed by atoms with van der Waals surface area (Å²) in [4.78, 5) is 11.5. The molecule has 0 aliphatic rings. The van der Waals surface area contributed by atoms with E-state index in [4.69, 9.17) is 0 Å². The smallest absolute Gasteiger partial charge is 0.242 e. The zero-order chi connectivity index (χ0) is 12.3. The number of hydrogen-bond acceptors (Lipinski definition) is 3. The van der Waals surface area contributed by atoms with Gasteiger partial charge >= 0.3 is 0 Å². The van der Waals surface area contributed by atoms with Crippen LogP contribution in [0.3, 0.4) is 0 Å². The summed E-state index contributed by atoms with van der Waals surface area (Å²) in [5.41, 5.74) is 0.495. The summed E-state index contributed by atoms with van der Waals surface area (Å²) >= 11 is 3.06. The van der Waals surface area contributed by atoms with Gasteiger partial charge in [0.2, 0.25) is 10.0 Å². The van der Waals surface area contributed by atoms with Crippen molar-refractivity contribution in [1.82, 2.24) is 4.31 Å². The fourth-order valence-corrected chi connectivity index (χ4v) is 2.33. The topological polar surface area (TPSA) is 54.5 Å². The highest BCUT2D eigenvalue weighted by atomic mass is 79.9. The molecule has 6 heteroatoms. The second-order valence-corrected chi connectivity index (χ2v) is 6.08. The van der Waals surface area contributed by atoms with Gasteiger partial charge in [0.25, 0.3) is 0 Å². The quantitative estimate of drug-likeness (QED) is 0.626. The van der Waals surface area contributed by atoms with E-state index in [1.165, 1.54) is 38.4 Å². The Kier molecular flexibility index (Phi) is 4.23. The first kappa shape index (κ1) is 13.3. The van der Waals surface area contributed by atoms with Gasteiger partial charge in [0.05, 0.1) is 10.2 Å². The molecule has 0 spiro atoms. The Labute approximate surface area is 103 Å². The second-order valence-electron chi connectivity index (χ2n) is 3.37. The highest BCUT2D eigenvalue weighted by Gasteiger charge is 2.17. The van der Waals surface area contributed by atoms with Gasteiger partial charge in [-0.2, -0.15) is 0 Å². The van der Waals surface area contributed by atoms with E-state index in [1.807, 2.05) is 0 Å². The predicted molar refractivity (Wildman–Crippen MR) is 65.4 cm³/mol. The minimum atomic E-state index is -3.42. The minimum absolute atomic E-state index is 0.0752. The fourth-order valence-electron chi connectivity index (χ4n) is 1.10. The first-order valence-electron chi connectivity index (χ1n) is 4.51. The van der Waals surface area contributed by atoms with E-state index in [-0.39, 0.29) is 16.0 Å². The van der Waals surface area contributed by atoms with Crippen molar-refractivity contribution in [3.05, 3.63) is 29.8 Å². The van der Waals surface area contributed by atoms with Crippen LogP contribution in [0.2, 0.25) is 0 Å². The Morgan fingerprint density at radius 1 is 1.25 bits per heavy atom. The molecular weight excluding hydrogens is 294 g/mol. The van der Waals surface area contributed by atoms with Crippen molar-refractivity contribution in [3.8, 4) is 0 Å². The van der Waals surface area contributed by atoms with Gasteiger partial charge < -0.3 is 0 Å².